The van der Waals surface area contributed by atoms with Gasteiger partial charge in [0, 0.05) is 6.04 Å². The average molecular weight is 188 g/mol. The third kappa shape index (κ3) is 2.23. The van der Waals surface area contributed by atoms with E-state index in [0.717, 1.165) is 0 Å². The highest BCUT2D eigenvalue weighted by atomic mass is 35.5. The van der Waals surface area contributed by atoms with Crippen LogP contribution < -0.4 is 5.32 Å². The number of amides is 1. The van der Waals surface area contributed by atoms with Crippen molar-refractivity contribution in [3.8, 4) is 0 Å². The van der Waals surface area contributed by atoms with E-state index in [2.05, 4.69) is 15.3 Å². The second-order valence-corrected chi connectivity index (χ2v) is 3.12. The molecule has 0 atom stereocenters. The lowest BCUT2D eigenvalue weighted by Crippen LogP contribution is -2.30. The SMILES string of the molecule is CC(C)NC(=O)c1ncc(Cl)[nH]1. The van der Waals surface area contributed by atoms with Crippen LogP contribution in [0.3, 0.4) is 0 Å². The number of carbonyl (C=O) groups is 1. The van der Waals surface area contributed by atoms with Crippen molar-refractivity contribution in [2.45, 2.75) is 19.9 Å². The molecule has 0 radical (unpaired) electrons. The van der Waals surface area contributed by atoms with Crippen LogP contribution in [-0.4, -0.2) is 21.9 Å². The lowest BCUT2D eigenvalue weighted by Gasteiger charge is -2.04. The van der Waals surface area contributed by atoms with Crippen molar-refractivity contribution in [3.05, 3.63) is 17.2 Å². The van der Waals surface area contributed by atoms with Gasteiger partial charge in [-0.1, -0.05) is 11.6 Å². The number of rotatable bonds is 2. The Morgan fingerprint density at radius 3 is 2.83 bits per heavy atom. The maximum absolute atomic E-state index is 11.2. The molecule has 0 aliphatic heterocycles. The Labute approximate surface area is 75.3 Å². The van der Waals surface area contributed by atoms with E-state index in [9.17, 15) is 4.79 Å². The summed E-state index contributed by atoms with van der Waals surface area (Å²) in [4.78, 5) is 17.6. The van der Waals surface area contributed by atoms with E-state index in [1.54, 1.807) is 0 Å². The molecule has 2 N–H and O–H groups in total. The van der Waals surface area contributed by atoms with Crippen molar-refractivity contribution in [1.29, 1.82) is 0 Å². The number of halogens is 1. The fourth-order valence-electron chi connectivity index (χ4n) is 0.745. The predicted octanol–water partition coefficient (Wildman–Crippen LogP) is 1.20. The van der Waals surface area contributed by atoms with Gasteiger partial charge in [-0.3, -0.25) is 4.79 Å². The monoisotopic (exact) mass is 187 g/mol. The molecule has 5 heteroatoms. The maximum atomic E-state index is 11.2. The second kappa shape index (κ2) is 3.58. The molecular weight excluding hydrogens is 178 g/mol. The Hall–Kier alpha value is -1.03. The van der Waals surface area contributed by atoms with Crippen LogP contribution >= 0.6 is 11.6 Å². The van der Waals surface area contributed by atoms with Crippen molar-refractivity contribution >= 4 is 17.5 Å². The lowest BCUT2D eigenvalue weighted by atomic mass is 10.4. The highest BCUT2D eigenvalue weighted by Crippen LogP contribution is 2.02. The van der Waals surface area contributed by atoms with E-state index >= 15 is 0 Å². The minimum atomic E-state index is -0.239. The molecular formula is C7H10ClN3O. The number of hydrogen-bond acceptors (Lipinski definition) is 2. The Morgan fingerprint density at radius 2 is 2.42 bits per heavy atom. The van der Waals surface area contributed by atoms with Crippen LogP contribution in [0.2, 0.25) is 5.15 Å². The first-order valence-corrected chi connectivity index (χ1v) is 3.98. The smallest absolute Gasteiger partial charge is 0.287 e. The number of nitrogens with zero attached hydrogens (tertiary/aromatic N) is 1. The number of nitrogens with one attached hydrogen (secondary N) is 2. The van der Waals surface area contributed by atoms with Crippen molar-refractivity contribution in [2.24, 2.45) is 0 Å². The summed E-state index contributed by atoms with van der Waals surface area (Å²) in [6.07, 6.45) is 1.40. The molecule has 0 aliphatic carbocycles. The minimum Gasteiger partial charge on any atom is -0.347 e. The summed E-state index contributed by atoms with van der Waals surface area (Å²) in [5, 5.41) is 3.05. The quantitative estimate of drug-likeness (QED) is 0.731. The summed E-state index contributed by atoms with van der Waals surface area (Å²) >= 11 is 5.54. The molecule has 0 aromatic carbocycles. The number of carbonyl (C=O) groups excluding carboxylic acids is 1. The van der Waals surface area contributed by atoms with E-state index in [4.69, 9.17) is 11.6 Å². The van der Waals surface area contributed by atoms with E-state index in [1.807, 2.05) is 13.8 Å². The molecule has 4 nitrogen and oxygen atoms in total. The third-order valence-corrected chi connectivity index (χ3v) is 1.37. The zero-order chi connectivity index (χ0) is 9.14. The molecule has 66 valence electrons. The molecule has 1 aromatic heterocycles. The summed E-state index contributed by atoms with van der Waals surface area (Å²) in [5.74, 6) is 0.00519. The first-order valence-electron chi connectivity index (χ1n) is 3.61. The predicted molar refractivity (Wildman–Crippen MR) is 46.2 cm³/mol. The van der Waals surface area contributed by atoms with E-state index in [1.165, 1.54) is 6.20 Å². The first-order chi connectivity index (χ1) is 5.59. The normalized spacial score (nSPS) is 10.3. The summed E-state index contributed by atoms with van der Waals surface area (Å²) in [7, 11) is 0. The molecule has 0 saturated carbocycles. The number of H-pyrrole nitrogens is 1. The molecule has 0 unspecified atom stereocenters. The highest BCUT2D eigenvalue weighted by Gasteiger charge is 2.09. The van der Waals surface area contributed by atoms with Gasteiger partial charge in [0.25, 0.3) is 5.91 Å². The molecule has 1 amide bonds. The summed E-state index contributed by atoms with van der Waals surface area (Å²) in [6, 6.07) is 0.0985. The van der Waals surface area contributed by atoms with Gasteiger partial charge >= 0.3 is 0 Å². The Balaban J connectivity index is 2.65. The maximum Gasteiger partial charge on any atom is 0.287 e. The van der Waals surface area contributed by atoms with Crippen LogP contribution in [0.1, 0.15) is 24.5 Å². The molecule has 0 aliphatic rings. The molecule has 1 heterocycles. The minimum absolute atomic E-state index is 0.0985. The van der Waals surface area contributed by atoms with Gasteiger partial charge in [-0.25, -0.2) is 4.98 Å². The van der Waals surface area contributed by atoms with Crippen molar-refractivity contribution in [1.82, 2.24) is 15.3 Å². The second-order valence-electron chi connectivity index (χ2n) is 2.71. The number of aromatic amines is 1. The number of hydrogen-bond donors (Lipinski definition) is 2. The highest BCUT2D eigenvalue weighted by molar-refractivity contribution is 6.29. The van der Waals surface area contributed by atoms with Crippen LogP contribution in [-0.2, 0) is 0 Å². The van der Waals surface area contributed by atoms with Gasteiger partial charge in [-0.15, -0.1) is 0 Å². The van der Waals surface area contributed by atoms with Crippen molar-refractivity contribution in [2.75, 3.05) is 0 Å². The Kier molecular flexibility index (Phi) is 2.70. The molecule has 0 saturated heterocycles. The largest absolute Gasteiger partial charge is 0.347 e. The van der Waals surface area contributed by atoms with Gasteiger partial charge in [0.15, 0.2) is 5.82 Å². The van der Waals surface area contributed by atoms with Crippen LogP contribution in [0.25, 0.3) is 0 Å². The van der Waals surface area contributed by atoms with Gasteiger partial charge in [-0.05, 0) is 13.8 Å². The van der Waals surface area contributed by atoms with Gasteiger partial charge < -0.3 is 10.3 Å². The molecule has 0 spiro atoms. The van der Waals surface area contributed by atoms with Crippen LogP contribution in [0.4, 0.5) is 0 Å². The first kappa shape index (κ1) is 9.06. The van der Waals surface area contributed by atoms with Gasteiger partial charge in [0.1, 0.15) is 5.15 Å². The van der Waals surface area contributed by atoms with E-state index in [-0.39, 0.29) is 17.8 Å². The van der Waals surface area contributed by atoms with Gasteiger partial charge in [-0.2, -0.15) is 0 Å². The van der Waals surface area contributed by atoms with Gasteiger partial charge in [0.05, 0.1) is 6.20 Å². The summed E-state index contributed by atoms with van der Waals surface area (Å²) in [5.41, 5.74) is 0. The topological polar surface area (TPSA) is 57.8 Å². The van der Waals surface area contributed by atoms with Crippen molar-refractivity contribution in [3.63, 3.8) is 0 Å². The van der Waals surface area contributed by atoms with Crippen LogP contribution in [0.5, 0.6) is 0 Å². The standard InChI is InChI=1S/C7H10ClN3O/c1-4(2)10-7(12)6-9-3-5(8)11-6/h3-4H,1-2H3,(H,9,11)(H,10,12). The fourth-order valence-corrected chi connectivity index (χ4v) is 0.883. The molecule has 1 rings (SSSR count). The summed E-state index contributed by atoms with van der Waals surface area (Å²) < 4.78 is 0. The van der Waals surface area contributed by atoms with Gasteiger partial charge in [0.2, 0.25) is 0 Å². The number of imidazole rings is 1. The zero-order valence-electron chi connectivity index (χ0n) is 6.89. The Morgan fingerprint density at radius 1 is 1.75 bits per heavy atom. The van der Waals surface area contributed by atoms with E-state index in [0.29, 0.717) is 5.15 Å². The average Bonchev–Trinajstić information content (AvgIpc) is 2.34. The zero-order valence-corrected chi connectivity index (χ0v) is 7.64. The lowest BCUT2D eigenvalue weighted by molar-refractivity contribution is 0.0933. The molecule has 1 aromatic rings. The summed E-state index contributed by atoms with van der Waals surface area (Å²) in [6.45, 7) is 3.75. The van der Waals surface area contributed by atoms with Crippen molar-refractivity contribution < 1.29 is 4.79 Å². The fraction of sp³-hybridized carbons (Fsp3) is 0.429. The Bertz CT molecular complexity index is 282. The van der Waals surface area contributed by atoms with Crippen LogP contribution in [0, 0.1) is 0 Å². The third-order valence-electron chi connectivity index (χ3n) is 1.18. The van der Waals surface area contributed by atoms with Crippen LogP contribution in [0.15, 0.2) is 6.20 Å². The molecule has 12 heavy (non-hydrogen) atoms. The molecule has 0 fully saturated rings. The number of aromatic nitrogens is 2. The molecule has 0 bridgehead atoms. The van der Waals surface area contributed by atoms with E-state index < -0.39 is 0 Å².